The average Bonchev–Trinajstić information content (AvgIpc) is 2.54. The summed E-state index contributed by atoms with van der Waals surface area (Å²) in [5.41, 5.74) is 1.50. The van der Waals surface area contributed by atoms with Crippen molar-refractivity contribution in [2.75, 3.05) is 6.54 Å². The maximum absolute atomic E-state index is 11.9. The Bertz CT molecular complexity index is 631. The van der Waals surface area contributed by atoms with Gasteiger partial charge >= 0.3 is 0 Å². The normalized spacial score (nSPS) is 11.9. The minimum absolute atomic E-state index is 0.0684. The van der Waals surface area contributed by atoms with Crippen molar-refractivity contribution >= 4 is 17.5 Å². The Kier molecular flexibility index (Phi) is 5.81. The van der Waals surface area contributed by atoms with Crippen molar-refractivity contribution in [2.45, 2.75) is 18.9 Å². The summed E-state index contributed by atoms with van der Waals surface area (Å²) in [6.07, 6.45) is 0.709. The van der Waals surface area contributed by atoms with Crippen LogP contribution in [0.3, 0.4) is 0 Å². The van der Waals surface area contributed by atoms with Crippen LogP contribution in [0.1, 0.15) is 22.3 Å². The number of rotatable bonds is 6. The molecule has 0 radical (unpaired) electrons. The van der Waals surface area contributed by atoms with Crippen molar-refractivity contribution < 1.29 is 15.0 Å². The molecule has 3 N–H and O–H groups in total. The fourth-order valence-corrected chi connectivity index (χ4v) is 2.22. The van der Waals surface area contributed by atoms with Crippen LogP contribution in [0.15, 0.2) is 48.5 Å². The third kappa shape index (κ3) is 4.76. The first-order valence-corrected chi connectivity index (χ1v) is 7.43. The first-order valence-electron chi connectivity index (χ1n) is 7.05. The van der Waals surface area contributed by atoms with Crippen LogP contribution < -0.4 is 5.32 Å². The lowest BCUT2D eigenvalue weighted by Gasteiger charge is -2.12. The number of carbonyl (C=O) groups is 1. The molecule has 0 aliphatic rings. The van der Waals surface area contributed by atoms with Gasteiger partial charge < -0.3 is 15.5 Å². The van der Waals surface area contributed by atoms with Crippen molar-refractivity contribution in [3.63, 3.8) is 0 Å². The summed E-state index contributed by atoms with van der Waals surface area (Å²) in [4.78, 5) is 11.9. The van der Waals surface area contributed by atoms with Gasteiger partial charge in [0.05, 0.1) is 11.1 Å². The van der Waals surface area contributed by atoms with E-state index in [0.29, 0.717) is 12.0 Å². The molecule has 0 heterocycles. The molecule has 4 nitrogen and oxygen atoms in total. The second-order valence-electron chi connectivity index (χ2n) is 5.05. The Morgan fingerprint density at radius 3 is 2.59 bits per heavy atom. The SMILES string of the molecule is O=C(NC[C@@H](O)CCc1ccccc1)c1ccc(O)c(Cl)c1. The molecule has 1 amide bonds. The molecule has 0 aliphatic heterocycles. The van der Waals surface area contributed by atoms with E-state index in [1.807, 2.05) is 30.3 Å². The summed E-state index contributed by atoms with van der Waals surface area (Å²) in [5, 5.41) is 22.0. The summed E-state index contributed by atoms with van der Waals surface area (Å²) in [6.45, 7) is 0.171. The molecule has 0 spiro atoms. The Balaban J connectivity index is 1.79. The molecule has 2 aromatic carbocycles. The molecule has 0 unspecified atom stereocenters. The van der Waals surface area contributed by atoms with Crippen molar-refractivity contribution in [2.24, 2.45) is 0 Å². The predicted octanol–water partition coefficient (Wildman–Crippen LogP) is 2.77. The number of carbonyl (C=O) groups excluding carboxylic acids is 1. The van der Waals surface area contributed by atoms with E-state index in [1.54, 1.807) is 0 Å². The fourth-order valence-electron chi connectivity index (χ4n) is 2.04. The van der Waals surface area contributed by atoms with E-state index >= 15 is 0 Å². The number of nitrogens with one attached hydrogen (secondary N) is 1. The van der Waals surface area contributed by atoms with Crippen LogP contribution in [0.2, 0.25) is 5.02 Å². The van der Waals surface area contributed by atoms with Crippen LogP contribution in [0.4, 0.5) is 0 Å². The fraction of sp³-hybridized carbons (Fsp3) is 0.235. The van der Waals surface area contributed by atoms with Crippen molar-refractivity contribution in [3.8, 4) is 5.75 Å². The van der Waals surface area contributed by atoms with Gasteiger partial charge in [-0.3, -0.25) is 4.79 Å². The van der Waals surface area contributed by atoms with E-state index in [9.17, 15) is 15.0 Å². The van der Waals surface area contributed by atoms with E-state index in [0.717, 1.165) is 12.0 Å². The monoisotopic (exact) mass is 319 g/mol. The smallest absolute Gasteiger partial charge is 0.251 e. The number of hydrogen-bond acceptors (Lipinski definition) is 3. The summed E-state index contributed by atoms with van der Waals surface area (Å²) in [7, 11) is 0. The van der Waals surface area contributed by atoms with Crippen LogP contribution in [0.25, 0.3) is 0 Å². The number of aliphatic hydroxyl groups excluding tert-OH is 1. The molecule has 0 aliphatic carbocycles. The molecule has 0 saturated heterocycles. The van der Waals surface area contributed by atoms with Gasteiger partial charge in [0.2, 0.25) is 0 Å². The van der Waals surface area contributed by atoms with Gasteiger partial charge in [0.1, 0.15) is 5.75 Å². The molecule has 116 valence electrons. The molecule has 22 heavy (non-hydrogen) atoms. The number of hydrogen-bond donors (Lipinski definition) is 3. The second kappa shape index (κ2) is 7.82. The van der Waals surface area contributed by atoms with Gasteiger partial charge in [-0.25, -0.2) is 0 Å². The first-order chi connectivity index (χ1) is 10.6. The average molecular weight is 320 g/mol. The number of aliphatic hydroxyl groups is 1. The maximum atomic E-state index is 11.9. The number of aryl methyl sites for hydroxylation is 1. The molecule has 2 rings (SSSR count). The van der Waals surface area contributed by atoms with Gasteiger partial charge in [-0.2, -0.15) is 0 Å². The van der Waals surface area contributed by atoms with E-state index in [1.165, 1.54) is 18.2 Å². The second-order valence-corrected chi connectivity index (χ2v) is 5.46. The zero-order valence-electron chi connectivity index (χ0n) is 12.0. The largest absolute Gasteiger partial charge is 0.506 e. The Morgan fingerprint density at radius 1 is 1.18 bits per heavy atom. The lowest BCUT2D eigenvalue weighted by molar-refractivity contribution is 0.0911. The number of phenols is 1. The minimum atomic E-state index is -0.614. The standard InChI is InChI=1S/C17H18ClNO3/c18-15-10-13(7-9-16(15)21)17(22)19-11-14(20)8-6-12-4-2-1-3-5-12/h1-5,7,9-10,14,20-21H,6,8,11H2,(H,19,22)/t14-/m0/s1. The third-order valence-corrected chi connectivity index (χ3v) is 3.62. The molecule has 0 fully saturated rings. The van der Waals surface area contributed by atoms with Crippen LogP contribution in [0.5, 0.6) is 5.75 Å². The minimum Gasteiger partial charge on any atom is -0.506 e. The van der Waals surface area contributed by atoms with Gasteiger partial charge in [0.25, 0.3) is 5.91 Å². The molecule has 0 bridgehead atoms. The lowest BCUT2D eigenvalue weighted by atomic mass is 10.1. The lowest BCUT2D eigenvalue weighted by Crippen LogP contribution is -2.32. The van der Waals surface area contributed by atoms with E-state index in [-0.39, 0.29) is 23.2 Å². The molecular weight excluding hydrogens is 302 g/mol. The highest BCUT2D eigenvalue weighted by Crippen LogP contribution is 2.23. The number of aromatic hydroxyl groups is 1. The van der Waals surface area contributed by atoms with Gasteiger partial charge in [-0.1, -0.05) is 41.9 Å². The van der Waals surface area contributed by atoms with Crippen LogP contribution in [-0.4, -0.2) is 28.8 Å². The first kappa shape index (κ1) is 16.3. The molecular formula is C17H18ClNO3. The summed E-state index contributed by atoms with van der Waals surface area (Å²) < 4.78 is 0. The van der Waals surface area contributed by atoms with Crippen molar-refractivity contribution in [1.82, 2.24) is 5.32 Å². The molecule has 1 atom stereocenters. The van der Waals surface area contributed by atoms with Crippen molar-refractivity contribution in [1.29, 1.82) is 0 Å². The molecule has 0 saturated carbocycles. The van der Waals surface area contributed by atoms with Gasteiger partial charge in [-0.05, 0) is 36.6 Å². The third-order valence-electron chi connectivity index (χ3n) is 3.32. The molecule has 5 heteroatoms. The number of amides is 1. The maximum Gasteiger partial charge on any atom is 0.251 e. The summed E-state index contributed by atoms with van der Waals surface area (Å²) in [5.74, 6) is -0.401. The highest BCUT2D eigenvalue weighted by Gasteiger charge is 2.11. The quantitative estimate of drug-likeness (QED) is 0.767. The van der Waals surface area contributed by atoms with Crippen LogP contribution >= 0.6 is 11.6 Å². The highest BCUT2D eigenvalue weighted by atomic mass is 35.5. The zero-order valence-corrected chi connectivity index (χ0v) is 12.8. The predicted molar refractivity (Wildman–Crippen MR) is 86.2 cm³/mol. The van der Waals surface area contributed by atoms with E-state index < -0.39 is 6.10 Å². The topological polar surface area (TPSA) is 69.6 Å². The van der Waals surface area contributed by atoms with Gasteiger partial charge in [0.15, 0.2) is 0 Å². The van der Waals surface area contributed by atoms with E-state index in [4.69, 9.17) is 11.6 Å². The molecule has 2 aromatic rings. The van der Waals surface area contributed by atoms with Crippen LogP contribution in [-0.2, 0) is 6.42 Å². The number of phenolic OH excluding ortho intramolecular Hbond substituents is 1. The summed E-state index contributed by atoms with van der Waals surface area (Å²) >= 11 is 5.76. The Labute approximate surface area is 134 Å². The van der Waals surface area contributed by atoms with Crippen LogP contribution in [0, 0.1) is 0 Å². The zero-order chi connectivity index (χ0) is 15.9. The Morgan fingerprint density at radius 2 is 1.91 bits per heavy atom. The summed E-state index contributed by atoms with van der Waals surface area (Å²) in [6, 6.07) is 14.1. The van der Waals surface area contributed by atoms with Gasteiger partial charge in [-0.15, -0.1) is 0 Å². The Hall–Kier alpha value is -2.04. The van der Waals surface area contributed by atoms with Crippen molar-refractivity contribution in [3.05, 3.63) is 64.7 Å². The number of benzene rings is 2. The van der Waals surface area contributed by atoms with E-state index in [2.05, 4.69) is 5.32 Å². The van der Waals surface area contributed by atoms with Gasteiger partial charge in [0, 0.05) is 12.1 Å². The molecule has 0 aromatic heterocycles. The highest BCUT2D eigenvalue weighted by molar-refractivity contribution is 6.32. The number of halogens is 1.